The smallest absolute Gasteiger partial charge is 0.316 e. The maximum Gasteiger partial charge on any atom is 0.316 e. The van der Waals surface area contributed by atoms with E-state index in [9.17, 15) is 9.59 Å². The van der Waals surface area contributed by atoms with Crippen molar-refractivity contribution in [3.8, 4) is 0 Å². The maximum absolute atomic E-state index is 11.9. The molecule has 0 spiro atoms. The number of pyridine rings is 1. The van der Waals surface area contributed by atoms with E-state index in [0.29, 0.717) is 15.9 Å². The van der Waals surface area contributed by atoms with Crippen LogP contribution in [-0.4, -0.2) is 11.0 Å². The van der Waals surface area contributed by atoms with Crippen molar-refractivity contribution in [2.24, 2.45) is 5.73 Å². The number of aromatic amines is 1. The highest BCUT2D eigenvalue weighted by molar-refractivity contribution is 6.35. The molecule has 1 aromatic carbocycles. The highest BCUT2D eigenvalue weighted by atomic mass is 35.5. The quantitative estimate of drug-likeness (QED) is 0.704. The number of primary amides is 1. The molecule has 0 saturated heterocycles. The van der Waals surface area contributed by atoms with E-state index < -0.39 is 6.03 Å². The summed E-state index contributed by atoms with van der Waals surface area (Å²) in [5.41, 5.74) is 5.25. The molecule has 5 nitrogen and oxygen atoms in total. The zero-order valence-electron chi connectivity index (χ0n) is 8.08. The van der Waals surface area contributed by atoms with Crippen LogP contribution < -0.4 is 16.5 Å². The number of benzene rings is 1. The minimum absolute atomic E-state index is 0.0993. The number of amides is 2. The summed E-state index contributed by atoms with van der Waals surface area (Å²) in [5.74, 6) is 0. The Balaban J connectivity index is 2.71. The molecule has 0 atom stereocenters. The summed E-state index contributed by atoms with van der Waals surface area (Å²) in [6.45, 7) is 0. The molecule has 0 saturated carbocycles. The third-order valence-corrected chi connectivity index (χ3v) is 2.44. The molecule has 0 fully saturated rings. The Hall–Kier alpha value is -2.01. The van der Waals surface area contributed by atoms with Crippen LogP contribution in [0.1, 0.15) is 0 Å². The molecule has 0 aliphatic carbocycles. The second kappa shape index (κ2) is 3.86. The average molecular weight is 238 g/mol. The van der Waals surface area contributed by atoms with Crippen molar-refractivity contribution in [2.75, 3.05) is 5.32 Å². The lowest BCUT2D eigenvalue weighted by Gasteiger charge is -2.04. The van der Waals surface area contributed by atoms with Gasteiger partial charge in [0, 0.05) is 11.6 Å². The summed E-state index contributed by atoms with van der Waals surface area (Å²) in [5, 5.41) is 3.08. The summed E-state index contributed by atoms with van der Waals surface area (Å²) in [6.07, 6.45) is 1.36. The van der Waals surface area contributed by atoms with Crippen LogP contribution in [0.15, 0.2) is 29.2 Å². The molecule has 2 aromatic rings. The summed E-state index contributed by atoms with van der Waals surface area (Å²) in [7, 11) is 0. The number of hydrogen-bond donors (Lipinski definition) is 3. The van der Waals surface area contributed by atoms with Crippen molar-refractivity contribution < 1.29 is 4.79 Å². The molecule has 1 aromatic heterocycles. The standard InChI is InChI=1S/C10H8ClN3O2/c11-6-3-1-2-5-8(6)13-4-7(9(5)15)14-10(12)16/h1-4H,(H,13,15)(H3,12,14,16). The molecule has 0 unspecified atom stereocenters. The second-order valence-corrected chi connectivity index (χ2v) is 3.59. The van der Waals surface area contributed by atoms with Crippen molar-refractivity contribution in [1.29, 1.82) is 0 Å². The minimum atomic E-state index is -0.785. The largest absolute Gasteiger partial charge is 0.358 e. The zero-order valence-corrected chi connectivity index (χ0v) is 8.84. The Labute approximate surface area is 95.2 Å². The van der Waals surface area contributed by atoms with Crippen molar-refractivity contribution >= 4 is 34.2 Å². The van der Waals surface area contributed by atoms with E-state index in [1.807, 2.05) is 0 Å². The number of rotatable bonds is 1. The summed E-state index contributed by atoms with van der Waals surface area (Å²) >= 11 is 5.90. The van der Waals surface area contributed by atoms with Crippen LogP contribution in [0.25, 0.3) is 10.9 Å². The fraction of sp³-hybridized carbons (Fsp3) is 0. The first-order chi connectivity index (χ1) is 7.59. The Morgan fingerprint density at radius 2 is 2.19 bits per heavy atom. The fourth-order valence-corrected chi connectivity index (χ4v) is 1.67. The SMILES string of the molecule is NC(=O)Nc1c[nH]c2c(Cl)cccc2c1=O. The summed E-state index contributed by atoms with van der Waals surface area (Å²) in [4.78, 5) is 25.4. The third kappa shape index (κ3) is 1.72. The van der Waals surface area contributed by atoms with Gasteiger partial charge in [-0.3, -0.25) is 4.79 Å². The Bertz CT molecular complexity index is 621. The van der Waals surface area contributed by atoms with E-state index >= 15 is 0 Å². The number of H-pyrrole nitrogens is 1. The van der Waals surface area contributed by atoms with Crippen molar-refractivity contribution in [1.82, 2.24) is 4.98 Å². The lowest BCUT2D eigenvalue weighted by atomic mass is 10.2. The monoisotopic (exact) mass is 237 g/mol. The van der Waals surface area contributed by atoms with E-state index in [-0.39, 0.29) is 11.1 Å². The van der Waals surface area contributed by atoms with Gasteiger partial charge in [-0.05, 0) is 12.1 Å². The van der Waals surface area contributed by atoms with Crippen LogP contribution >= 0.6 is 11.6 Å². The first-order valence-corrected chi connectivity index (χ1v) is 4.84. The Morgan fingerprint density at radius 3 is 2.88 bits per heavy atom. The zero-order chi connectivity index (χ0) is 11.7. The molecular weight excluding hydrogens is 230 g/mol. The molecule has 2 rings (SSSR count). The van der Waals surface area contributed by atoms with Crippen LogP contribution in [-0.2, 0) is 0 Å². The van der Waals surface area contributed by atoms with Gasteiger partial charge in [0.05, 0.1) is 10.5 Å². The predicted octanol–water partition coefficient (Wildman–Crippen LogP) is 1.67. The van der Waals surface area contributed by atoms with Crippen LogP contribution in [0.5, 0.6) is 0 Å². The Morgan fingerprint density at radius 1 is 1.44 bits per heavy atom. The number of carbonyl (C=O) groups excluding carboxylic acids is 1. The van der Waals surface area contributed by atoms with Gasteiger partial charge in [-0.1, -0.05) is 17.7 Å². The number of aromatic nitrogens is 1. The van der Waals surface area contributed by atoms with Crippen molar-refractivity contribution in [3.63, 3.8) is 0 Å². The van der Waals surface area contributed by atoms with Crippen molar-refractivity contribution in [2.45, 2.75) is 0 Å². The Kier molecular flexibility index (Phi) is 2.54. The van der Waals surface area contributed by atoms with Gasteiger partial charge < -0.3 is 16.0 Å². The van der Waals surface area contributed by atoms with E-state index in [0.717, 1.165) is 0 Å². The third-order valence-electron chi connectivity index (χ3n) is 2.12. The van der Waals surface area contributed by atoms with Gasteiger partial charge in [0.15, 0.2) is 0 Å². The molecule has 16 heavy (non-hydrogen) atoms. The summed E-state index contributed by atoms with van der Waals surface area (Å²) < 4.78 is 0. The van der Waals surface area contributed by atoms with Crippen LogP contribution in [0.3, 0.4) is 0 Å². The van der Waals surface area contributed by atoms with Crippen molar-refractivity contribution in [3.05, 3.63) is 39.6 Å². The number of nitrogens with two attached hydrogens (primary N) is 1. The minimum Gasteiger partial charge on any atom is -0.358 e. The molecule has 82 valence electrons. The van der Waals surface area contributed by atoms with E-state index in [4.69, 9.17) is 17.3 Å². The van der Waals surface area contributed by atoms with Gasteiger partial charge in [0.2, 0.25) is 5.43 Å². The van der Waals surface area contributed by atoms with E-state index in [2.05, 4.69) is 10.3 Å². The lowest BCUT2D eigenvalue weighted by molar-refractivity contribution is 0.259. The molecule has 2 amide bonds. The van der Waals surface area contributed by atoms with Gasteiger partial charge in [0.25, 0.3) is 0 Å². The van der Waals surface area contributed by atoms with Gasteiger partial charge in [-0.25, -0.2) is 4.79 Å². The topological polar surface area (TPSA) is 88.0 Å². The number of hydrogen-bond acceptors (Lipinski definition) is 2. The number of carbonyl (C=O) groups is 1. The van der Waals surface area contributed by atoms with Crippen LogP contribution in [0, 0.1) is 0 Å². The van der Waals surface area contributed by atoms with Gasteiger partial charge in [-0.2, -0.15) is 0 Å². The number of halogens is 1. The average Bonchev–Trinajstić information content (AvgIpc) is 2.23. The second-order valence-electron chi connectivity index (χ2n) is 3.18. The predicted molar refractivity (Wildman–Crippen MR) is 62.8 cm³/mol. The number of fused-ring (bicyclic) bond motifs is 1. The molecule has 1 heterocycles. The van der Waals surface area contributed by atoms with E-state index in [1.165, 1.54) is 6.20 Å². The van der Waals surface area contributed by atoms with Gasteiger partial charge in [0.1, 0.15) is 5.69 Å². The van der Waals surface area contributed by atoms with Gasteiger partial charge in [-0.15, -0.1) is 0 Å². The molecule has 0 aliphatic heterocycles. The number of nitrogens with one attached hydrogen (secondary N) is 2. The molecule has 6 heteroatoms. The molecule has 0 bridgehead atoms. The van der Waals surface area contributed by atoms with E-state index in [1.54, 1.807) is 18.2 Å². The number of para-hydroxylation sites is 1. The molecule has 0 aliphatic rings. The first-order valence-electron chi connectivity index (χ1n) is 4.46. The summed E-state index contributed by atoms with van der Waals surface area (Å²) in [6, 6.07) is 4.16. The van der Waals surface area contributed by atoms with Crippen LogP contribution in [0.4, 0.5) is 10.5 Å². The fourth-order valence-electron chi connectivity index (χ4n) is 1.44. The normalized spacial score (nSPS) is 10.3. The molecule has 0 radical (unpaired) electrons. The maximum atomic E-state index is 11.9. The highest BCUT2D eigenvalue weighted by Gasteiger charge is 2.07. The molecular formula is C10H8ClN3O2. The van der Waals surface area contributed by atoms with Crippen LogP contribution in [0.2, 0.25) is 5.02 Å². The molecule has 4 N–H and O–H groups in total. The number of urea groups is 1. The first kappa shape index (κ1) is 10.5. The highest BCUT2D eigenvalue weighted by Crippen LogP contribution is 2.19. The van der Waals surface area contributed by atoms with Gasteiger partial charge >= 0.3 is 6.03 Å². The lowest BCUT2D eigenvalue weighted by Crippen LogP contribution is -2.23. The number of anilines is 1.